The molecule has 21 heavy (non-hydrogen) atoms. The highest BCUT2D eigenvalue weighted by atomic mass is 16.1. The van der Waals surface area contributed by atoms with Crippen molar-refractivity contribution < 1.29 is 4.79 Å². The largest absolute Gasteiger partial charge is 0.345 e. The molecule has 0 bridgehead atoms. The van der Waals surface area contributed by atoms with E-state index >= 15 is 0 Å². The summed E-state index contributed by atoms with van der Waals surface area (Å²) in [5.41, 5.74) is 4.04. The Hall–Kier alpha value is -2.54. The lowest BCUT2D eigenvalue weighted by Crippen LogP contribution is -2.13. The number of nitrogens with zero attached hydrogens (tertiary/aromatic N) is 2. The number of rotatable bonds is 3. The lowest BCUT2D eigenvalue weighted by Gasteiger charge is -2.08. The number of benzene rings is 1. The molecule has 1 amide bonds. The zero-order chi connectivity index (χ0) is 15.0. The number of hydrogen-bond donors (Lipinski definition) is 1. The summed E-state index contributed by atoms with van der Waals surface area (Å²) in [5, 5.41) is 11.8. The van der Waals surface area contributed by atoms with Gasteiger partial charge in [-0.05, 0) is 51.0 Å². The van der Waals surface area contributed by atoms with Gasteiger partial charge in [0.05, 0.1) is 17.2 Å². The Balaban J connectivity index is 1.85. The minimum absolute atomic E-state index is 0.120. The average Bonchev–Trinajstić information content (AvgIpc) is 3.25. The average molecular weight is 279 g/mol. The second kappa shape index (κ2) is 5.10. The third kappa shape index (κ3) is 2.55. The standard InChI is InChI=1S/C17H17N3O/c1-11-8-16(12(2)20(11)15-6-7-15)17(21)19-14-5-3-4-13(9-14)10-18/h3-5,8-9,15H,6-7H2,1-2H3,(H,19,21). The minimum Gasteiger partial charge on any atom is -0.345 e. The Bertz CT molecular complexity index is 748. The van der Waals surface area contributed by atoms with Gasteiger partial charge < -0.3 is 9.88 Å². The Labute approximate surface area is 124 Å². The van der Waals surface area contributed by atoms with Crippen molar-refractivity contribution in [3.8, 4) is 6.07 Å². The minimum atomic E-state index is -0.120. The van der Waals surface area contributed by atoms with Crippen molar-refractivity contribution in [1.29, 1.82) is 5.26 Å². The number of aromatic nitrogens is 1. The van der Waals surface area contributed by atoms with E-state index < -0.39 is 0 Å². The van der Waals surface area contributed by atoms with Crippen molar-refractivity contribution in [2.45, 2.75) is 32.7 Å². The van der Waals surface area contributed by atoms with Crippen LogP contribution in [0.15, 0.2) is 30.3 Å². The van der Waals surface area contributed by atoms with Gasteiger partial charge in [0.25, 0.3) is 5.91 Å². The number of hydrogen-bond acceptors (Lipinski definition) is 2. The van der Waals surface area contributed by atoms with Crippen molar-refractivity contribution in [3.05, 3.63) is 52.8 Å². The number of carbonyl (C=O) groups excluding carboxylic acids is 1. The highest BCUT2D eigenvalue weighted by molar-refractivity contribution is 6.05. The third-order valence-corrected chi connectivity index (χ3v) is 3.89. The molecule has 1 N–H and O–H groups in total. The summed E-state index contributed by atoms with van der Waals surface area (Å²) in [6, 6.07) is 11.5. The molecule has 0 aliphatic heterocycles. The highest BCUT2D eigenvalue weighted by Gasteiger charge is 2.28. The normalized spacial score (nSPS) is 13.8. The first kappa shape index (κ1) is 13.4. The van der Waals surface area contributed by atoms with E-state index in [1.807, 2.05) is 19.9 Å². The smallest absolute Gasteiger partial charge is 0.257 e. The fourth-order valence-corrected chi connectivity index (χ4v) is 2.77. The summed E-state index contributed by atoms with van der Waals surface area (Å²) in [6.45, 7) is 4.03. The number of carbonyl (C=O) groups is 1. The van der Waals surface area contributed by atoms with Crippen LogP contribution in [0.1, 0.15) is 46.2 Å². The molecule has 0 radical (unpaired) electrons. The van der Waals surface area contributed by atoms with E-state index in [4.69, 9.17) is 5.26 Å². The lowest BCUT2D eigenvalue weighted by molar-refractivity contribution is 0.102. The van der Waals surface area contributed by atoms with Crippen LogP contribution in [-0.4, -0.2) is 10.5 Å². The lowest BCUT2D eigenvalue weighted by atomic mass is 10.2. The maximum atomic E-state index is 12.4. The second-order valence-corrected chi connectivity index (χ2v) is 5.53. The van der Waals surface area contributed by atoms with E-state index in [1.165, 1.54) is 12.8 Å². The molecule has 0 spiro atoms. The molecule has 1 saturated carbocycles. The molecule has 0 unspecified atom stereocenters. The zero-order valence-corrected chi connectivity index (χ0v) is 12.2. The molecule has 1 fully saturated rings. The maximum Gasteiger partial charge on any atom is 0.257 e. The third-order valence-electron chi connectivity index (χ3n) is 3.89. The Kier molecular flexibility index (Phi) is 3.26. The number of nitrogens with one attached hydrogen (secondary N) is 1. The molecule has 0 atom stereocenters. The van der Waals surface area contributed by atoms with E-state index in [-0.39, 0.29) is 5.91 Å². The van der Waals surface area contributed by atoms with Crippen molar-refractivity contribution in [1.82, 2.24) is 4.57 Å². The van der Waals surface area contributed by atoms with Crippen LogP contribution in [-0.2, 0) is 0 Å². The Morgan fingerprint density at radius 2 is 2.10 bits per heavy atom. The van der Waals surface area contributed by atoms with Gasteiger partial charge in [-0.25, -0.2) is 0 Å². The highest BCUT2D eigenvalue weighted by Crippen LogP contribution is 2.38. The molecule has 1 aromatic carbocycles. The Morgan fingerprint density at radius 1 is 1.33 bits per heavy atom. The molecule has 1 heterocycles. The van der Waals surface area contributed by atoms with E-state index in [9.17, 15) is 4.79 Å². The van der Waals surface area contributed by atoms with Crippen LogP contribution in [0.5, 0.6) is 0 Å². The zero-order valence-electron chi connectivity index (χ0n) is 12.2. The quantitative estimate of drug-likeness (QED) is 0.933. The summed E-state index contributed by atoms with van der Waals surface area (Å²) < 4.78 is 2.25. The summed E-state index contributed by atoms with van der Waals surface area (Å²) in [4.78, 5) is 12.4. The fraction of sp³-hybridized carbons (Fsp3) is 0.294. The first-order chi connectivity index (χ1) is 10.1. The molecule has 4 heteroatoms. The molecule has 1 aliphatic carbocycles. The summed E-state index contributed by atoms with van der Waals surface area (Å²) in [7, 11) is 0. The molecular weight excluding hydrogens is 262 g/mol. The van der Waals surface area contributed by atoms with Crippen LogP contribution in [0.3, 0.4) is 0 Å². The molecule has 1 aromatic heterocycles. The fourth-order valence-electron chi connectivity index (χ4n) is 2.77. The topological polar surface area (TPSA) is 57.8 Å². The predicted molar refractivity (Wildman–Crippen MR) is 81.3 cm³/mol. The molecular formula is C17H17N3O. The molecule has 1 aliphatic rings. The molecule has 2 aromatic rings. The summed E-state index contributed by atoms with van der Waals surface area (Å²) >= 11 is 0. The van der Waals surface area contributed by atoms with Gasteiger partial charge in [0.15, 0.2) is 0 Å². The second-order valence-electron chi connectivity index (χ2n) is 5.53. The number of aryl methyl sites for hydroxylation is 1. The van der Waals surface area contributed by atoms with Crippen LogP contribution in [0, 0.1) is 25.2 Å². The molecule has 0 saturated heterocycles. The van der Waals surface area contributed by atoms with E-state index in [0.717, 1.165) is 11.4 Å². The van der Waals surface area contributed by atoms with Crippen LogP contribution >= 0.6 is 0 Å². The molecule has 106 valence electrons. The van der Waals surface area contributed by atoms with E-state index in [1.54, 1.807) is 24.3 Å². The van der Waals surface area contributed by atoms with E-state index in [0.29, 0.717) is 22.9 Å². The van der Waals surface area contributed by atoms with Crippen LogP contribution < -0.4 is 5.32 Å². The van der Waals surface area contributed by atoms with Crippen molar-refractivity contribution >= 4 is 11.6 Å². The van der Waals surface area contributed by atoms with Crippen LogP contribution in [0.25, 0.3) is 0 Å². The van der Waals surface area contributed by atoms with Gasteiger partial charge in [-0.2, -0.15) is 5.26 Å². The number of nitriles is 1. The van der Waals surface area contributed by atoms with Gasteiger partial charge in [-0.15, -0.1) is 0 Å². The van der Waals surface area contributed by atoms with Crippen molar-refractivity contribution in [2.75, 3.05) is 5.32 Å². The van der Waals surface area contributed by atoms with E-state index in [2.05, 4.69) is 16.0 Å². The van der Waals surface area contributed by atoms with Gasteiger partial charge in [0, 0.05) is 23.1 Å². The van der Waals surface area contributed by atoms with Gasteiger partial charge >= 0.3 is 0 Å². The SMILES string of the molecule is Cc1cc(C(=O)Nc2cccc(C#N)c2)c(C)n1C1CC1. The number of amides is 1. The van der Waals surface area contributed by atoms with Gasteiger partial charge in [0.2, 0.25) is 0 Å². The molecule has 3 rings (SSSR count). The maximum absolute atomic E-state index is 12.4. The summed E-state index contributed by atoms with van der Waals surface area (Å²) in [6.07, 6.45) is 2.39. The van der Waals surface area contributed by atoms with Gasteiger partial charge in [-0.1, -0.05) is 6.07 Å². The summed E-state index contributed by atoms with van der Waals surface area (Å²) in [5.74, 6) is -0.120. The van der Waals surface area contributed by atoms with Crippen LogP contribution in [0.2, 0.25) is 0 Å². The number of anilines is 1. The molecule has 4 nitrogen and oxygen atoms in total. The van der Waals surface area contributed by atoms with Crippen molar-refractivity contribution in [3.63, 3.8) is 0 Å². The van der Waals surface area contributed by atoms with Crippen molar-refractivity contribution in [2.24, 2.45) is 0 Å². The first-order valence-corrected chi connectivity index (χ1v) is 7.10. The monoisotopic (exact) mass is 279 g/mol. The van der Waals surface area contributed by atoms with Crippen LogP contribution in [0.4, 0.5) is 5.69 Å². The van der Waals surface area contributed by atoms with Gasteiger partial charge in [0.1, 0.15) is 0 Å². The predicted octanol–water partition coefficient (Wildman–Crippen LogP) is 3.56. The van der Waals surface area contributed by atoms with Gasteiger partial charge in [-0.3, -0.25) is 4.79 Å². The first-order valence-electron chi connectivity index (χ1n) is 7.10. The Morgan fingerprint density at radius 3 is 2.76 bits per heavy atom.